The van der Waals surface area contributed by atoms with Gasteiger partial charge < -0.3 is 10.0 Å². The predicted molar refractivity (Wildman–Crippen MR) is 75.0 cm³/mol. The number of unbranched alkanes of at least 4 members (excludes halogenated alkanes) is 3. The highest BCUT2D eigenvalue weighted by Gasteiger charge is 2.07. The molecule has 1 aromatic carbocycles. The molecule has 0 aliphatic heterocycles. The van der Waals surface area contributed by atoms with Gasteiger partial charge in [0, 0.05) is 18.8 Å². The van der Waals surface area contributed by atoms with Gasteiger partial charge in [0.15, 0.2) is 0 Å². The molecule has 0 aromatic heterocycles. The summed E-state index contributed by atoms with van der Waals surface area (Å²) in [5, 5.41) is 8.79. The van der Waals surface area contributed by atoms with Gasteiger partial charge in [0.1, 0.15) is 0 Å². The number of carboxylic acids is 1. The minimum absolute atomic E-state index is 0.197. The minimum atomic E-state index is -0.732. The molecule has 0 saturated heterocycles. The van der Waals surface area contributed by atoms with Crippen LogP contribution in [0.3, 0.4) is 0 Å². The molecule has 0 aliphatic carbocycles. The molecule has 0 heterocycles. The number of nitrogens with zero attached hydrogens (tertiary/aromatic N) is 1. The lowest BCUT2D eigenvalue weighted by atomic mass is 10.2. The predicted octanol–water partition coefficient (Wildman–Crippen LogP) is 3.55. The number of anilines is 1. The fourth-order valence-corrected chi connectivity index (χ4v) is 1.97. The Balaban J connectivity index is 2.49. The van der Waals surface area contributed by atoms with Crippen molar-refractivity contribution in [3.8, 4) is 0 Å². The molecular weight excluding hydrogens is 226 g/mol. The zero-order valence-electron chi connectivity index (χ0n) is 11.1. The molecule has 0 radical (unpaired) electrons. The highest BCUT2D eigenvalue weighted by Crippen LogP contribution is 2.15. The van der Waals surface area contributed by atoms with Gasteiger partial charge in [0.2, 0.25) is 0 Å². The Bertz CT molecular complexity index is 338. The van der Waals surface area contributed by atoms with Crippen LogP contribution in [0.25, 0.3) is 0 Å². The van der Waals surface area contributed by atoms with Crippen LogP contribution in [-0.2, 0) is 4.79 Å². The lowest BCUT2D eigenvalue weighted by Crippen LogP contribution is -2.27. The van der Waals surface area contributed by atoms with Crippen molar-refractivity contribution in [2.45, 2.75) is 39.0 Å². The average molecular weight is 249 g/mol. The molecule has 3 nitrogen and oxygen atoms in total. The van der Waals surface area contributed by atoms with Gasteiger partial charge in [0.05, 0.1) is 6.42 Å². The molecule has 0 fully saturated rings. The van der Waals surface area contributed by atoms with Crippen LogP contribution in [0, 0.1) is 0 Å². The van der Waals surface area contributed by atoms with E-state index in [1.54, 1.807) is 0 Å². The Morgan fingerprint density at radius 2 is 1.83 bits per heavy atom. The largest absolute Gasteiger partial charge is 0.481 e. The van der Waals surface area contributed by atoms with Crippen molar-refractivity contribution in [2.24, 2.45) is 0 Å². The fourth-order valence-electron chi connectivity index (χ4n) is 1.97. The average Bonchev–Trinajstić information content (AvgIpc) is 2.38. The number of aliphatic carboxylic acids is 1. The van der Waals surface area contributed by atoms with E-state index < -0.39 is 5.97 Å². The molecule has 0 aliphatic rings. The minimum Gasteiger partial charge on any atom is -0.481 e. The van der Waals surface area contributed by atoms with Crippen LogP contribution in [0.2, 0.25) is 0 Å². The van der Waals surface area contributed by atoms with Crippen LogP contribution in [-0.4, -0.2) is 24.2 Å². The summed E-state index contributed by atoms with van der Waals surface area (Å²) < 4.78 is 0. The summed E-state index contributed by atoms with van der Waals surface area (Å²) in [5.74, 6) is -0.732. The quantitative estimate of drug-likeness (QED) is 0.680. The molecule has 0 atom stereocenters. The third-order valence-corrected chi connectivity index (χ3v) is 3.00. The van der Waals surface area contributed by atoms with E-state index in [4.69, 9.17) is 5.11 Å². The Morgan fingerprint density at radius 1 is 1.11 bits per heavy atom. The number of para-hydroxylation sites is 1. The van der Waals surface area contributed by atoms with Gasteiger partial charge in [-0.05, 0) is 18.6 Å². The van der Waals surface area contributed by atoms with Crippen molar-refractivity contribution in [3.63, 3.8) is 0 Å². The third-order valence-electron chi connectivity index (χ3n) is 3.00. The Kier molecular flexibility index (Phi) is 6.92. The van der Waals surface area contributed by atoms with Crippen molar-refractivity contribution < 1.29 is 9.90 Å². The van der Waals surface area contributed by atoms with Crippen LogP contribution in [0.4, 0.5) is 5.69 Å². The molecule has 0 amide bonds. The summed E-state index contributed by atoms with van der Waals surface area (Å²) in [4.78, 5) is 12.9. The molecule has 3 heteroatoms. The Labute approximate surface area is 109 Å². The van der Waals surface area contributed by atoms with E-state index in [0.29, 0.717) is 6.54 Å². The van der Waals surface area contributed by atoms with Gasteiger partial charge in [-0.3, -0.25) is 4.79 Å². The van der Waals surface area contributed by atoms with Crippen molar-refractivity contribution in [2.75, 3.05) is 18.0 Å². The summed E-state index contributed by atoms with van der Waals surface area (Å²) in [6.07, 6.45) is 5.01. The number of rotatable bonds is 9. The van der Waals surface area contributed by atoms with Crippen LogP contribution in [0.5, 0.6) is 0 Å². The molecular formula is C15H23NO2. The van der Waals surface area contributed by atoms with Crippen molar-refractivity contribution in [3.05, 3.63) is 30.3 Å². The van der Waals surface area contributed by atoms with E-state index >= 15 is 0 Å². The summed E-state index contributed by atoms with van der Waals surface area (Å²) in [5.41, 5.74) is 1.12. The molecule has 0 spiro atoms. The Morgan fingerprint density at radius 3 is 2.44 bits per heavy atom. The van der Waals surface area contributed by atoms with E-state index in [0.717, 1.165) is 18.7 Å². The van der Waals surface area contributed by atoms with E-state index in [1.165, 1.54) is 19.3 Å². The van der Waals surface area contributed by atoms with E-state index in [9.17, 15) is 4.79 Å². The van der Waals surface area contributed by atoms with Gasteiger partial charge >= 0.3 is 5.97 Å². The van der Waals surface area contributed by atoms with E-state index in [1.807, 2.05) is 30.3 Å². The van der Waals surface area contributed by atoms with Crippen LogP contribution in [0.1, 0.15) is 39.0 Å². The molecule has 0 bridgehead atoms. The second kappa shape index (κ2) is 8.56. The summed E-state index contributed by atoms with van der Waals surface area (Å²) in [6, 6.07) is 10.1. The van der Waals surface area contributed by atoms with Crippen LogP contribution >= 0.6 is 0 Å². The van der Waals surface area contributed by atoms with Gasteiger partial charge in [0.25, 0.3) is 0 Å². The number of hydrogen-bond acceptors (Lipinski definition) is 2. The van der Waals surface area contributed by atoms with Gasteiger partial charge in [-0.25, -0.2) is 0 Å². The number of hydrogen-bond donors (Lipinski definition) is 1. The number of carboxylic acid groups (broad SMARTS) is 1. The summed E-state index contributed by atoms with van der Waals surface area (Å²) in [7, 11) is 0. The summed E-state index contributed by atoms with van der Waals surface area (Å²) in [6.45, 7) is 3.72. The van der Waals surface area contributed by atoms with Crippen LogP contribution < -0.4 is 4.90 Å². The molecule has 1 rings (SSSR count). The monoisotopic (exact) mass is 249 g/mol. The maximum absolute atomic E-state index is 10.7. The van der Waals surface area contributed by atoms with Gasteiger partial charge in [-0.2, -0.15) is 0 Å². The second-order valence-corrected chi connectivity index (χ2v) is 4.53. The highest BCUT2D eigenvalue weighted by atomic mass is 16.4. The van der Waals surface area contributed by atoms with Crippen molar-refractivity contribution in [1.82, 2.24) is 0 Å². The number of carbonyl (C=O) groups is 1. The fraction of sp³-hybridized carbons (Fsp3) is 0.533. The first-order valence-corrected chi connectivity index (χ1v) is 6.76. The molecule has 0 saturated carbocycles. The standard InChI is InChI=1S/C15H23NO2/c1-2-3-4-8-12-16(13-11-15(17)18)14-9-6-5-7-10-14/h5-7,9-10H,2-4,8,11-13H2,1H3,(H,17,18). The lowest BCUT2D eigenvalue weighted by molar-refractivity contribution is -0.136. The maximum atomic E-state index is 10.7. The molecule has 18 heavy (non-hydrogen) atoms. The molecule has 100 valence electrons. The first kappa shape index (κ1) is 14.6. The van der Waals surface area contributed by atoms with Gasteiger partial charge in [-0.1, -0.05) is 44.4 Å². The number of benzene rings is 1. The normalized spacial score (nSPS) is 10.3. The molecule has 0 unspecified atom stereocenters. The smallest absolute Gasteiger partial charge is 0.305 e. The topological polar surface area (TPSA) is 40.5 Å². The van der Waals surface area contributed by atoms with Gasteiger partial charge in [-0.15, -0.1) is 0 Å². The maximum Gasteiger partial charge on any atom is 0.305 e. The van der Waals surface area contributed by atoms with Crippen LogP contribution in [0.15, 0.2) is 30.3 Å². The molecule has 1 aromatic rings. The lowest BCUT2D eigenvalue weighted by Gasteiger charge is -2.24. The van der Waals surface area contributed by atoms with Crippen molar-refractivity contribution >= 4 is 11.7 Å². The molecule has 1 N–H and O–H groups in total. The van der Waals surface area contributed by atoms with E-state index in [-0.39, 0.29) is 6.42 Å². The summed E-state index contributed by atoms with van der Waals surface area (Å²) >= 11 is 0. The first-order valence-electron chi connectivity index (χ1n) is 6.76. The van der Waals surface area contributed by atoms with Crippen molar-refractivity contribution in [1.29, 1.82) is 0 Å². The zero-order valence-corrected chi connectivity index (χ0v) is 11.1. The third kappa shape index (κ3) is 5.71. The Hall–Kier alpha value is -1.51. The first-order chi connectivity index (χ1) is 8.74. The van der Waals surface area contributed by atoms with E-state index in [2.05, 4.69) is 11.8 Å². The second-order valence-electron chi connectivity index (χ2n) is 4.53. The highest BCUT2D eigenvalue weighted by molar-refractivity contribution is 5.67. The zero-order chi connectivity index (χ0) is 13.2. The SMILES string of the molecule is CCCCCCN(CCC(=O)O)c1ccccc1.